The van der Waals surface area contributed by atoms with Gasteiger partial charge in [0, 0.05) is 12.8 Å². The second-order valence-corrected chi connectivity index (χ2v) is 14.9. The Morgan fingerprint density at radius 3 is 1.55 bits per heavy atom. The van der Waals surface area contributed by atoms with Gasteiger partial charge in [0.2, 0.25) is 0 Å². The molecule has 3 atom stereocenters. The van der Waals surface area contributed by atoms with Crippen molar-refractivity contribution < 1.29 is 47.5 Å². The van der Waals surface area contributed by atoms with Gasteiger partial charge in [-0.05, 0) is 77.0 Å². The van der Waals surface area contributed by atoms with Gasteiger partial charge in [0.15, 0.2) is 6.10 Å². The molecule has 0 aliphatic heterocycles. The number of allylic oxidation sites excluding steroid dienone is 12. The monoisotopic (exact) mass is 793 g/mol. The molecule has 1 unspecified atom stereocenters. The molecule has 0 saturated heterocycles. The van der Waals surface area contributed by atoms with Crippen LogP contribution in [-0.4, -0.2) is 59.9 Å². The fourth-order valence-electron chi connectivity index (χ4n) is 4.90. The summed E-state index contributed by atoms with van der Waals surface area (Å²) in [5.74, 6) is -2.48. The molecule has 0 bridgehead atoms. The number of esters is 2. The van der Waals surface area contributed by atoms with Gasteiger partial charge in [0.1, 0.15) is 12.6 Å². The number of phosphoric ester groups is 1. The first kappa shape index (κ1) is 51.9. The lowest BCUT2D eigenvalue weighted by Gasteiger charge is -2.20. The number of unbranched alkanes of at least 4 members (excludes halogenated alkanes) is 11. The van der Waals surface area contributed by atoms with E-state index in [1.807, 2.05) is 12.2 Å². The molecule has 0 rings (SSSR count). The fraction of sp³-hybridized carbons (Fsp3) is 0.651. The average Bonchev–Trinajstić information content (AvgIpc) is 3.16. The van der Waals surface area contributed by atoms with Crippen LogP contribution in [0.4, 0.5) is 0 Å². The topological polar surface area (TPSA) is 172 Å². The first-order chi connectivity index (χ1) is 26.6. The van der Waals surface area contributed by atoms with Gasteiger partial charge in [-0.2, -0.15) is 0 Å². The summed E-state index contributed by atoms with van der Waals surface area (Å²) in [5.41, 5.74) is 5.32. The maximum absolute atomic E-state index is 12.6. The number of hydrogen-bond donors (Lipinski definition) is 3. The molecule has 0 saturated carbocycles. The Labute approximate surface area is 331 Å². The summed E-state index contributed by atoms with van der Waals surface area (Å²) in [6, 6.07) is -1.53. The molecule has 0 fully saturated rings. The van der Waals surface area contributed by atoms with Gasteiger partial charge < -0.3 is 25.2 Å². The van der Waals surface area contributed by atoms with Crippen molar-refractivity contribution in [1.82, 2.24) is 0 Å². The predicted octanol–water partition coefficient (Wildman–Crippen LogP) is 10.6. The van der Waals surface area contributed by atoms with E-state index in [1.165, 1.54) is 32.1 Å². The number of carboxylic acid groups (broad SMARTS) is 1. The molecule has 0 aliphatic rings. The summed E-state index contributed by atoms with van der Waals surface area (Å²) in [5, 5.41) is 8.87. The average molecular weight is 794 g/mol. The molecule has 11 nitrogen and oxygen atoms in total. The molecular weight excluding hydrogens is 721 g/mol. The van der Waals surface area contributed by atoms with Crippen molar-refractivity contribution in [2.45, 2.75) is 161 Å². The minimum atomic E-state index is -4.73. The number of carboxylic acids is 1. The third-order valence-corrected chi connectivity index (χ3v) is 9.13. The van der Waals surface area contributed by atoms with E-state index < -0.39 is 51.1 Å². The van der Waals surface area contributed by atoms with Crippen LogP contribution in [0.25, 0.3) is 0 Å². The second kappa shape index (κ2) is 37.8. The third-order valence-electron chi connectivity index (χ3n) is 8.18. The van der Waals surface area contributed by atoms with E-state index in [9.17, 15) is 23.8 Å². The number of carbonyl (C=O) groups is 3. The van der Waals surface area contributed by atoms with Crippen LogP contribution in [0.2, 0.25) is 0 Å². The lowest BCUT2D eigenvalue weighted by molar-refractivity contribution is -0.161. The molecule has 0 heterocycles. The Hall–Kier alpha value is -3.08. The zero-order valence-corrected chi connectivity index (χ0v) is 34.6. The fourth-order valence-corrected chi connectivity index (χ4v) is 5.67. The minimum absolute atomic E-state index is 0.130. The van der Waals surface area contributed by atoms with Gasteiger partial charge in [-0.1, -0.05) is 132 Å². The normalized spacial score (nSPS) is 14.5. The van der Waals surface area contributed by atoms with Gasteiger partial charge in [-0.3, -0.25) is 23.4 Å². The Kier molecular flexibility index (Phi) is 35.7. The number of ether oxygens (including phenoxy) is 2. The van der Waals surface area contributed by atoms with Crippen LogP contribution in [0.3, 0.4) is 0 Å². The number of phosphoric acid groups is 1. The van der Waals surface area contributed by atoms with Crippen molar-refractivity contribution in [3.63, 3.8) is 0 Å². The number of carbonyl (C=O) groups excluding carboxylic acids is 2. The third kappa shape index (κ3) is 37.6. The van der Waals surface area contributed by atoms with Crippen LogP contribution >= 0.6 is 7.82 Å². The van der Waals surface area contributed by atoms with Crippen LogP contribution in [0, 0.1) is 0 Å². The molecule has 0 aromatic carbocycles. The van der Waals surface area contributed by atoms with E-state index in [-0.39, 0.29) is 19.4 Å². The first-order valence-electron chi connectivity index (χ1n) is 20.5. The van der Waals surface area contributed by atoms with Gasteiger partial charge in [0.05, 0.1) is 13.2 Å². The van der Waals surface area contributed by atoms with E-state index in [4.69, 9.17) is 24.8 Å². The molecule has 0 aromatic rings. The van der Waals surface area contributed by atoms with Crippen LogP contribution in [0.1, 0.15) is 149 Å². The zero-order valence-electron chi connectivity index (χ0n) is 33.7. The maximum atomic E-state index is 12.6. The molecule has 0 spiro atoms. The number of nitrogens with two attached hydrogens (primary N) is 1. The first-order valence-corrected chi connectivity index (χ1v) is 22.0. The van der Waals surface area contributed by atoms with Crippen molar-refractivity contribution in [3.8, 4) is 0 Å². The zero-order chi connectivity index (χ0) is 40.7. The molecule has 0 aromatic heterocycles. The Balaban J connectivity index is 4.53. The van der Waals surface area contributed by atoms with Gasteiger partial charge in [-0.25, -0.2) is 4.57 Å². The highest BCUT2D eigenvalue weighted by Gasteiger charge is 2.28. The van der Waals surface area contributed by atoms with Crippen molar-refractivity contribution in [3.05, 3.63) is 72.9 Å². The van der Waals surface area contributed by atoms with Crippen molar-refractivity contribution in [2.75, 3.05) is 19.8 Å². The molecule has 4 N–H and O–H groups in total. The number of hydrogen-bond acceptors (Lipinski definition) is 9. The van der Waals surface area contributed by atoms with E-state index in [0.29, 0.717) is 19.3 Å². The summed E-state index contributed by atoms with van der Waals surface area (Å²) in [4.78, 5) is 45.8. The highest BCUT2D eigenvalue weighted by atomic mass is 31.2. The standard InChI is InChI=1S/C43H72NO10P/c1-3-5-7-9-11-13-15-17-19-20-21-23-24-26-28-30-32-34-41(45)51-36-39(37-52-55(49,50)53-38-40(44)43(47)48)54-42(46)35-33-31-29-27-25-22-18-16-14-12-10-8-6-4-2/h10-13,16-19,21,23,26,28,39-40H,3-9,14-15,20,22,24-25,27,29-38,44H2,1-2H3,(H,47,48)(H,49,50)/b12-10+,13-11+,18-16+,19-17+,23-21+,28-26+/t39-,40+/m1/s1. The lowest BCUT2D eigenvalue weighted by Crippen LogP contribution is -2.34. The highest BCUT2D eigenvalue weighted by Crippen LogP contribution is 2.43. The van der Waals surface area contributed by atoms with Gasteiger partial charge in [-0.15, -0.1) is 0 Å². The van der Waals surface area contributed by atoms with Crippen LogP contribution in [0.15, 0.2) is 72.9 Å². The highest BCUT2D eigenvalue weighted by molar-refractivity contribution is 7.47. The Morgan fingerprint density at radius 1 is 0.564 bits per heavy atom. The lowest BCUT2D eigenvalue weighted by atomic mass is 10.1. The Morgan fingerprint density at radius 2 is 1.00 bits per heavy atom. The summed E-state index contributed by atoms with van der Waals surface area (Å²) in [7, 11) is -4.73. The minimum Gasteiger partial charge on any atom is -0.480 e. The summed E-state index contributed by atoms with van der Waals surface area (Å²) >= 11 is 0. The summed E-state index contributed by atoms with van der Waals surface area (Å²) < 4.78 is 32.5. The molecule has 0 aliphatic carbocycles. The molecule has 12 heteroatoms. The van der Waals surface area contributed by atoms with E-state index >= 15 is 0 Å². The molecule has 55 heavy (non-hydrogen) atoms. The smallest absolute Gasteiger partial charge is 0.472 e. The molecule has 0 amide bonds. The largest absolute Gasteiger partial charge is 0.480 e. The van der Waals surface area contributed by atoms with E-state index in [2.05, 4.69) is 79.1 Å². The SMILES string of the molecule is CCCC/C=C/C/C=C/CCCCCCCC(=O)O[C@H](COC(=O)CCC/C=C/C/C=C/C/C=C/C/C=C/CCCCC)COP(=O)(O)OC[C@H](N)C(=O)O. The van der Waals surface area contributed by atoms with E-state index in [0.717, 1.165) is 70.6 Å². The van der Waals surface area contributed by atoms with Crippen LogP contribution in [0.5, 0.6) is 0 Å². The Bertz CT molecular complexity index is 1210. The van der Waals surface area contributed by atoms with Gasteiger partial charge in [0.25, 0.3) is 0 Å². The van der Waals surface area contributed by atoms with Crippen LogP contribution in [-0.2, 0) is 37.5 Å². The maximum Gasteiger partial charge on any atom is 0.472 e. The van der Waals surface area contributed by atoms with E-state index in [1.54, 1.807) is 0 Å². The summed E-state index contributed by atoms with van der Waals surface area (Å²) in [6.07, 6.45) is 44.0. The molecule has 314 valence electrons. The van der Waals surface area contributed by atoms with Crippen LogP contribution < -0.4 is 5.73 Å². The van der Waals surface area contributed by atoms with Gasteiger partial charge >= 0.3 is 25.7 Å². The number of rotatable bonds is 37. The second-order valence-electron chi connectivity index (χ2n) is 13.4. The number of aliphatic carboxylic acids is 1. The molecule has 0 radical (unpaired) electrons. The molecular formula is C43H72NO10P. The quantitative estimate of drug-likeness (QED) is 0.0236. The summed E-state index contributed by atoms with van der Waals surface area (Å²) in [6.45, 7) is 2.64. The predicted molar refractivity (Wildman–Crippen MR) is 221 cm³/mol. The van der Waals surface area contributed by atoms with Crippen molar-refractivity contribution in [1.29, 1.82) is 0 Å². The van der Waals surface area contributed by atoms with Crippen molar-refractivity contribution >= 4 is 25.7 Å². The van der Waals surface area contributed by atoms with Crippen molar-refractivity contribution in [2.24, 2.45) is 5.73 Å².